The Morgan fingerprint density at radius 1 is 1.19 bits per heavy atom. The zero-order chi connectivity index (χ0) is 18.4. The predicted molar refractivity (Wildman–Crippen MR) is 101 cm³/mol. The lowest BCUT2D eigenvalue weighted by atomic mass is 10.0. The van der Waals surface area contributed by atoms with Crippen molar-refractivity contribution >= 4 is 12.0 Å². The molecule has 3 rings (SSSR count). The average molecular weight is 353 g/mol. The van der Waals surface area contributed by atoms with Crippen molar-refractivity contribution in [3.63, 3.8) is 0 Å². The van der Waals surface area contributed by atoms with Crippen LogP contribution in [-0.2, 0) is 16.0 Å². The summed E-state index contributed by atoms with van der Waals surface area (Å²) in [5.41, 5.74) is 3.45. The van der Waals surface area contributed by atoms with Crippen LogP contribution >= 0.6 is 0 Å². The number of ether oxygens (including phenoxy) is 1. The molecule has 0 aromatic heterocycles. The van der Waals surface area contributed by atoms with Gasteiger partial charge in [-0.1, -0.05) is 36.4 Å². The molecule has 2 aromatic carbocycles. The van der Waals surface area contributed by atoms with Gasteiger partial charge in [-0.15, -0.1) is 0 Å². The van der Waals surface area contributed by atoms with Crippen molar-refractivity contribution in [2.45, 2.75) is 25.3 Å². The highest BCUT2D eigenvalue weighted by Crippen LogP contribution is 2.32. The lowest BCUT2D eigenvalue weighted by molar-refractivity contribution is -0.134. The average Bonchev–Trinajstić information content (AvgIpc) is 3.14. The number of benzene rings is 2. The standard InChI is InChI=1S/C22H24FNO2/c1-26-22(25)13-8-17-4-9-19(10-5-17)21-3-2-15-24(21)16-14-18-6-11-20(23)12-7-18/h4-13,21H,2-3,14-16H2,1H3/b13-8+. The topological polar surface area (TPSA) is 29.5 Å². The van der Waals surface area contributed by atoms with E-state index in [1.807, 2.05) is 24.3 Å². The smallest absolute Gasteiger partial charge is 0.330 e. The van der Waals surface area contributed by atoms with Gasteiger partial charge in [0.15, 0.2) is 0 Å². The number of rotatable bonds is 6. The molecule has 26 heavy (non-hydrogen) atoms. The first kappa shape index (κ1) is 18.3. The van der Waals surface area contributed by atoms with E-state index >= 15 is 0 Å². The molecule has 0 saturated carbocycles. The zero-order valence-electron chi connectivity index (χ0n) is 15.0. The van der Waals surface area contributed by atoms with Gasteiger partial charge >= 0.3 is 5.97 Å². The number of hydrogen-bond acceptors (Lipinski definition) is 3. The van der Waals surface area contributed by atoms with Crippen LogP contribution in [-0.4, -0.2) is 31.1 Å². The Hall–Kier alpha value is -2.46. The molecule has 3 nitrogen and oxygen atoms in total. The van der Waals surface area contributed by atoms with Crippen LogP contribution in [0.3, 0.4) is 0 Å². The number of nitrogens with zero attached hydrogens (tertiary/aromatic N) is 1. The molecule has 0 amide bonds. The van der Waals surface area contributed by atoms with Gasteiger partial charge in [-0.3, -0.25) is 4.90 Å². The Morgan fingerprint density at radius 2 is 1.92 bits per heavy atom. The molecule has 1 aliphatic heterocycles. The molecule has 136 valence electrons. The Balaban J connectivity index is 1.61. The van der Waals surface area contributed by atoms with Crippen molar-refractivity contribution in [2.24, 2.45) is 0 Å². The molecule has 0 bridgehead atoms. The Bertz CT molecular complexity index is 753. The highest BCUT2D eigenvalue weighted by Gasteiger charge is 2.25. The van der Waals surface area contributed by atoms with E-state index in [0.717, 1.165) is 31.5 Å². The van der Waals surface area contributed by atoms with E-state index in [2.05, 4.69) is 21.8 Å². The molecule has 1 saturated heterocycles. The second-order valence-corrected chi connectivity index (χ2v) is 6.59. The maximum atomic E-state index is 13.0. The van der Waals surface area contributed by atoms with Crippen LogP contribution in [0.25, 0.3) is 6.08 Å². The van der Waals surface area contributed by atoms with Gasteiger partial charge in [-0.25, -0.2) is 9.18 Å². The number of carbonyl (C=O) groups is 1. The second kappa shape index (κ2) is 8.77. The van der Waals surface area contributed by atoms with Gasteiger partial charge in [0.1, 0.15) is 5.82 Å². The molecule has 1 fully saturated rings. The molecular formula is C22H24FNO2. The summed E-state index contributed by atoms with van der Waals surface area (Å²) < 4.78 is 17.6. The highest BCUT2D eigenvalue weighted by molar-refractivity contribution is 5.86. The predicted octanol–water partition coefficient (Wildman–Crippen LogP) is 4.39. The van der Waals surface area contributed by atoms with Crippen LogP contribution in [0.5, 0.6) is 0 Å². The summed E-state index contributed by atoms with van der Waals surface area (Å²) in [6, 6.07) is 15.5. The van der Waals surface area contributed by atoms with E-state index in [1.54, 1.807) is 6.08 Å². The van der Waals surface area contributed by atoms with Crippen LogP contribution in [0.15, 0.2) is 54.6 Å². The van der Waals surface area contributed by atoms with E-state index in [1.165, 1.54) is 42.9 Å². The fraction of sp³-hybridized carbons (Fsp3) is 0.318. The van der Waals surface area contributed by atoms with Gasteiger partial charge < -0.3 is 4.74 Å². The first-order valence-electron chi connectivity index (χ1n) is 9.00. The first-order valence-corrected chi connectivity index (χ1v) is 9.00. The molecule has 4 heteroatoms. The van der Waals surface area contributed by atoms with Crippen molar-refractivity contribution in [2.75, 3.05) is 20.2 Å². The Kier molecular flexibility index (Phi) is 6.18. The van der Waals surface area contributed by atoms with E-state index in [0.29, 0.717) is 6.04 Å². The van der Waals surface area contributed by atoms with Crippen LogP contribution in [0.4, 0.5) is 4.39 Å². The third-order valence-electron chi connectivity index (χ3n) is 4.90. The molecule has 1 aliphatic rings. The molecule has 2 aromatic rings. The summed E-state index contributed by atoms with van der Waals surface area (Å²) in [7, 11) is 1.37. The summed E-state index contributed by atoms with van der Waals surface area (Å²) in [5.74, 6) is -0.536. The quantitative estimate of drug-likeness (QED) is 0.570. The van der Waals surface area contributed by atoms with Gasteiger partial charge in [0.05, 0.1) is 7.11 Å². The third kappa shape index (κ3) is 4.79. The first-order chi connectivity index (χ1) is 12.7. The largest absolute Gasteiger partial charge is 0.466 e. The van der Waals surface area contributed by atoms with Crippen LogP contribution < -0.4 is 0 Å². The monoisotopic (exact) mass is 353 g/mol. The van der Waals surface area contributed by atoms with Crippen molar-refractivity contribution < 1.29 is 13.9 Å². The molecule has 0 N–H and O–H groups in total. The van der Waals surface area contributed by atoms with Crippen LogP contribution in [0, 0.1) is 5.82 Å². The van der Waals surface area contributed by atoms with Crippen molar-refractivity contribution in [1.82, 2.24) is 4.90 Å². The SMILES string of the molecule is COC(=O)/C=C/c1ccc(C2CCCN2CCc2ccc(F)cc2)cc1. The zero-order valence-corrected chi connectivity index (χ0v) is 15.0. The number of halogens is 1. The molecular weight excluding hydrogens is 329 g/mol. The van der Waals surface area contributed by atoms with Gasteiger partial charge in [0, 0.05) is 18.7 Å². The van der Waals surface area contributed by atoms with Crippen molar-refractivity contribution in [3.05, 3.63) is 77.1 Å². The summed E-state index contributed by atoms with van der Waals surface area (Å²) in [5, 5.41) is 0. The molecule has 0 spiro atoms. The number of likely N-dealkylation sites (tertiary alicyclic amines) is 1. The Labute approximate surface area is 154 Å². The maximum Gasteiger partial charge on any atom is 0.330 e. The highest BCUT2D eigenvalue weighted by atomic mass is 19.1. The number of carbonyl (C=O) groups excluding carboxylic acids is 1. The van der Waals surface area contributed by atoms with Gasteiger partial charge in [-0.2, -0.15) is 0 Å². The number of methoxy groups -OCH3 is 1. The van der Waals surface area contributed by atoms with E-state index in [-0.39, 0.29) is 11.8 Å². The summed E-state index contributed by atoms with van der Waals surface area (Å²) in [6.07, 6.45) is 6.46. The molecule has 0 aliphatic carbocycles. The molecule has 1 atom stereocenters. The van der Waals surface area contributed by atoms with Crippen molar-refractivity contribution in [1.29, 1.82) is 0 Å². The van der Waals surface area contributed by atoms with Gasteiger partial charge in [0.25, 0.3) is 0 Å². The minimum atomic E-state index is -0.350. The molecule has 1 unspecified atom stereocenters. The van der Waals surface area contributed by atoms with Crippen molar-refractivity contribution in [3.8, 4) is 0 Å². The van der Waals surface area contributed by atoms with Gasteiger partial charge in [-0.05, 0) is 60.7 Å². The third-order valence-corrected chi connectivity index (χ3v) is 4.90. The van der Waals surface area contributed by atoms with E-state index in [4.69, 9.17) is 0 Å². The van der Waals surface area contributed by atoms with Crippen LogP contribution in [0.2, 0.25) is 0 Å². The summed E-state index contributed by atoms with van der Waals surface area (Å²) >= 11 is 0. The minimum absolute atomic E-state index is 0.186. The normalized spacial score (nSPS) is 17.7. The fourth-order valence-electron chi connectivity index (χ4n) is 3.46. The van der Waals surface area contributed by atoms with E-state index in [9.17, 15) is 9.18 Å². The van der Waals surface area contributed by atoms with E-state index < -0.39 is 0 Å². The lowest BCUT2D eigenvalue weighted by Crippen LogP contribution is -2.25. The maximum absolute atomic E-state index is 13.0. The summed E-state index contributed by atoms with van der Waals surface area (Å²) in [4.78, 5) is 13.7. The fourth-order valence-corrected chi connectivity index (χ4v) is 3.46. The second-order valence-electron chi connectivity index (χ2n) is 6.59. The molecule has 0 radical (unpaired) electrons. The number of esters is 1. The molecule has 1 heterocycles. The summed E-state index contributed by atoms with van der Waals surface area (Å²) in [6.45, 7) is 2.07. The Morgan fingerprint density at radius 3 is 2.62 bits per heavy atom. The van der Waals surface area contributed by atoms with Gasteiger partial charge in [0.2, 0.25) is 0 Å². The lowest BCUT2D eigenvalue weighted by Gasteiger charge is -2.25. The van der Waals surface area contributed by atoms with Crippen LogP contribution in [0.1, 0.15) is 35.6 Å². The minimum Gasteiger partial charge on any atom is -0.466 e. The number of hydrogen-bond donors (Lipinski definition) is 0.